The van der Waals surface area contributed by atoms with E-state index in [1.807, 2.05) is 76.2 Å². The second kappa shape index (κ2) is 8.94. The van der Waals surface area contributed by atoms with E-state index in [1.54, 1.807) is 0 Å². The van der Waals surface area contributed by atoms with E-state index >= 15 is 0 Å². The molecule has 1 unspecified atom stereocenters. The van der Waals surface area contributed by atoms with Gasteiger partial charge >= 0.3 is 6.18 Å². The van der Waals surface area contributed by atoms with Crippen LogP contribution in [0.25, 0.3) is 0 Å². The summed E-state index contributed by atoms with van der Waals surface area (Å²) in [5, 5.41) is 2.68. The normalized spacial score (nSPS) is 17.3. The number of halogens is 3. The maximum Gasteiger partial charge on any atom is 0.431 e. The summed E-state index contributed by atoms with van der Waals surface area (Å²) < 4.78 is 47.2. The lowest BCUT2D eigenvalue weighted by Crippen LogP contribution is -2.22. The van der Waals surface area contributed by atoms with E-state index in [0.717, 1.165) is 22.8 Å². The van der Waals surface area contributed by atoms with Gasteiger partial charge in [0.25, 0.3) is 0 Å². The maximum absolute atomic E-state index is 13.9. The number of hydrogen-bond acceptors (Lipinski definition) is 3. The van der Waals surface area contributed by atoms with Crippen LogP contribution in [0.15, 0.2) is 65.3 Å². The van der Waals surface area contributed by atoms with Crippen LogP contribution in [0.3, 0.4) is 0 Å². The predicted octanol–water partition coefficient (Wildman–Crippen LogP) is 6.96. The quantitative estimate of drug-likeness (QED) is 0.552. The first kappa shape index (κ1) is 21.9. The van der Waals surface area contributed by atoms with Crippen LogP contribution in [0.2, 0.25) is 0 Å². The number of ether oxygens (including phenoxy) is 1. The molecule has 3 nitrogen and oxygen atoms in total. The minimum absolute atomic E-state index is 0.0168. The van der Waals surface area contributed by atoms with Gasteiger partial charge in [-0.2, -0.15) is 13.2 Å². The summed E-state index contributed by atoms with van der Waals surface area (Å²) >= 11 is 0. The minimum Gasteiger partial charge on any atom is -0.475 e. The van der Waals surface area contributed by atoms with Gasteiger partial charge in [0.05, 0.1) is 0 Å². The van der Waals surface area contributed by atoms with Crippen LogP contribution >= 0.6 is 0 Å². The van der Waals surface area contributed by atoms with Crippen molar-refractivity contribution in [3.05, 3.63) is 77.0 Å². The first-order valence-electron chi connectivity index (χ1n) is 10.1. The highest BCUT2D eigenvalue weighted by atomic mass is 19.4. The van der Waals surface area contributed by atoms with E-state index in [9.17, 15) is 13.2 Å². The van der Waals surface area contributed by atoms with Gasteiger partial charge in [0.15, 0.2) is 0 Å². The number of rotatable bonds is 6. The molecule has 0 radical (unpaired) electrons. The number of hydrogen-bond donors (Lipinski definition) is 1. The Labute approximate surface area is 175 Å². The molecule has 1 aliphatic heterocycles. The average molecular weight is 416 g/mol. The monoisotopic (exact) mass is 416 g/mol. The summed E-state index contributed by atoms with van der Waals surface area (Å²) in [6.45, 7) is 8.10. The first-order valence-corrected chi connectivity index (χ1v) is 10.1. The van der Waals surface area contributed by atoms with Crippen molar-refractivity contribution in [2.45, 2.75) is 51.7 Å². The van der Waals surface area contributed by atoms with E-state index in [-0.39, 0.29) is 30.4 Å². The second-order valence-electron chi connectivity index (χ2n) is 8.01. The molecule has 30 heavy (non-hydrogen) atoms. The highest BCUT2D eigenvalue weighted by molar-refractivity contribution is 5.90. The Kier molecular flexibility index (Phi) is 6.54. The number of anilines is 1. The second-order valence-corrected chi connectivity index (χ2v) is 8.01. The van der Waals surface area contributed by atoms with Crippen LogP contribution in [0, 0.1) is 0 Å². The summed E-state index contributed by atoms with van der Waals surface area (Å²) in [7, 11) is 0. The molecule has 2 aromatic rings. The third-order valence-corrected chi connectivity index (χ3v) is 5.06. The van der Waals surface area contributed by atoms with Crippen molar-refractivity contribution in [2.75, 3.05) is 11.9 Å². The fourth-order valence-corrected chi connectivity index (χ4v) is 3.46. The largest absolute Gasteiger partial charge is 0.475 e. The van der Waals surface area contributed by atoms with Gasteiger partial charge in [-0.1, -0.05) is 76.2 Å². The molecule has 0 spiro atoms. The molecule has 0 aromatic heterocycles. The first-order chi connectivity index (χ1) is 14.2. The van der Waals surface area contributed by atoms with Crippen molar-refractivity contribution in [3.63, 3.8) is 0 Å². The third kappa shape index (κ3) is 5.04. The summed E-state index contributed by atoms with van der Waals surface area (Å²) in [6.07, 6.45) is -3.61. The highest BCUT2D eigenvalue weighted by Crippen LogP contribution is 2.36. The van der Waals surface area contributed by atoms with Gasteiger partial charge in [0, 0.05) is 11.8 Å². The van der Waals surface area contributed by atoms with Crippen LogP contribution in [0.1, 0.15) is 62.3 Å². The Bertz CT molecular complexity index is 905. The molecule has 0 fully saturated rings. The molecule has 0 bridgehead atoms. The molecule has 0 aliphatic carbocycles. The van der Waals surface area contributed by atoms with Crippen LogP contribution in [0.5, 0.6) is 0 Å². The summed E-state index contributed by atoms with van der Waals surface area (Å²) in [5.74, 6) is 0.128. The molecular weight excluding hydrogens is 389 g/mol. The number of alkyl halides is 3. The van der Waals surface area contributed by atoms with Crippen molar-refractivity contribution < 1.29 is 17.9 Å². The number of benzene rings is 2. The topological polar surface area (TPSA) is 33.6 Å². The number of nitrogens with one attached hydrogen (secondary N) is 1. The van der Waals surface area contributed by atoms with Crippen molar-refractivity contribution in [2.24, 2.45) is 4.99 Å². The molecule has 1 N–H and O–H groups in total. The van der Waals surface area contributed by atoms with Crippen molar-refractivity contribution in [1.29, 1.82) is 0 Å². The Morgan fingerprint density at radius 1 is 1.00 bits per heavy atom. The lowest BCUT2D eigenvalue weighted by atomic mass is 9.92. The van der Waals surface area contributed by atoms with E-state index in [2.05, 4.69) is 10.3 Å². The molecular formula is C24H27F3N2O. The average Bonchev–Trinajstić information content (AvgIpc) is 3.16. The summed E-state index contributed by atoms with van der Waals surface area (Å²) in [4.78, 5) is 4.35. The van der Waals surface area contributed by atoms with Gasteiger partial charge in [0.2, 0.25) is 5.90 Å². The zero-order valence-corrected chi connectivity index (χ0v) is 17.6. The molecule has 0 amide bonds. The number of nitrogens with zero attached hydrogens (tertiary/aromatic N) is 1. The minimum atomic E-state index is -4.57. The van der Waals surface area contributed by atoms with E-state index in [1.165, 1.54) is 0 Å². The lowest BCUT2D eigenvalue weighted by Gasteiger charge is -2.23. The van der Waals surface area contributed by atoms with Gasteiger partial charge in [-0.3, -0.25) is 0 Å². The molecule has 1 heterocycles. The zero-order chi connectivity index (χ0) is 21.9. The van der Waals surface area contributed by atoms with Crippen LogP contribution < -0.4 is 5.32 Å². The smallest absolute Gasteiger partial charge is 0.431 e. The number of para-hydroxylation sites is 1. The highest BCUT2D eigenvalue weighted by Gasteiger charge is 2.36. The summed E-state index contributed by atoms with van der Waals surface area (Å²) in [5.41, 5.74) is 2.21. The lowest BCUT2D eigenvalue weighted by molar-refractivity contribution is -0.0902. The Hall–Kier alpha value is -2.76. The number of aliphatic imine (C=N–C) groups is 1. The van der Waals surface area contributed by atoms with Gasteiger partial charge in [-0.15, -0.1) is 0 Å². The van der Waals surface area contributed by atoms with Crippen LogP contribution in [-0.4, -0.2) is 18.7 Å². The van der Waals surface area contributed by atoms with Gasteiger partial charge in [-0.25, -0.2) is 4.99 Å². The molecule has 6 heteroatoms. The molecule has 3 rings (SSSR count). The maximum atomic E-state index is 13.9. The Morgan fingerprint density at radius 2 is 1.60 bits per heavy atom. The van der Waals surface area contributed by atoms with Gasteiger partial charge < -0.3 is 10.1 Å². The SMILES string of the molecule is CC(C)c1cccc(C(C)C)c1NC(=CC1=NC(c2ccccc2)CO1)C(F)(F)F. The van der Waals surface area contributed by atoms with Crippen molar-refractivity contribution in [3.8, 4) is 0 Å². The summed E-state index contributed by atoms with van der Waals surface area (Å²) in [6, 6.07) is 14.7. The van der Waals surface area contributed by atoms with Crippen LogP contribution in [-0.2, 0) is 4.74 Å². The molecule has 160 valence electrons. The Balaban J connectivity index is 1.98. The van der Waals surface area contributed by atoms with Crippen molar-refractivity contribution in [1.82, 2.24) is 0 Å². The molecule has 1 aliphatic rings. The molecule has 0 saturated heterocycles. The van der Waals surface area contributed by atoms with E-state index in [4.69, 9.17) is 4.74 Å². The molecule has 1 atom stereocenters. The van der Waals surface area contributed by atoms with Crippen molar-refractivity contribution >= 4 is 11.6 Å². The standard InChI is InChI=1S/C24H27F3N2O/c1-15(2)18-11-8-12-19(16(3)4)23(18)29-21(24(25,26)27)13-22-28-20(14-30-22)17-9-6-5-7-10-17/h5-13,15-16,20,29H,14H2,1-4H3. The van der Waals surface area contributed by atoms with E-state index in [0.29, 0.717) is 5.69 Å². The third-order valence-electron chi connectivity index (χ3n) is 5.06. The fourth-order valence-electron chi connectivity index (χ4n) is 3.46. The van der Waals surface area contributed by atoms with Gasteiger partial charge in [-0.05, 0) is 28.5 Å². The fraction of sp³-hybridized carbons (Fsp3) is 0.375. The van der Waals surface area contributed by atoms with Crippen LogP contribution in [0.4, 0.5) is 18.9 Å². The number of allylic oxidation sites excluding steroid dienone is 1. The van der Waals surface area contributed by atoms with Gasteiger partial charge in [0.1, 0.15) is 18.3 Å². The molecule has 0 saturated carbocycles. The van der Waals surface area contributed by atoms with E-state index < -0.39 is 11.9 Å². The predicted molar refractivity (Wildman–Crippen MR) is 115 cm³/mol. The Morgan fingerprint density at radius 3 is 2.13 bits per heavy atom. The zero-order valence-electron chi connectivity index (χ0n) is 17.6. The molecule has 2 aromatic carbocycles.